The maximum absolute atomic E-state index is 15.4. The van der Waals surface area contributed by atoms with Gasteiger partial charge in [-0.3, -0.25) is 9.59 Å². The fraction of sp³-hybridized carbons (Fsp3) is 0.440. The Balaban J connectivity index is 1.52. The number of benzene rings is 2. The summed E-state index contributed by atoms with van der Waals surface area (Å²) in [6.07, 6.45) is 3.18. The molecule has 0 atom stereocenters. The first kappa shape index (κ1) is 26.7. The molecule has 1 saturated carbocycles. The molecule has 10 nitrogen and oxygen atoms in total. The lowest BCUT2D eigenvalue weighted by Gasteiger charge is -2.28. The molecular formula is C25H31FN4O6S. The van der Waals surface area contributed by atoms with Gasteiger partial charge in [0.2, 0.25) is 5.91 Å². The molecule has 200 valence electrons. The van der Waals surface area contributed by atoms with E-state index in [2.05, 4.69) is 10.6 Å². The van der Waals surface area contributed by atoms with Gasteiger partial charge in [-0.15, -0.1) is 0 Å². The Morgan fingerprint density at radius 1 is 1.14 bits per heavy atom. The Bertz CT molecular complexity index is 1250. The van der Waals surface area contributed by atoms with Gasteiger partial charge >= 0.3 is 10.2 Å². The maximum atomic E-state index is 15.4. The van der Waals surface area contributed by atoms with Crippen LogP contribution < -0.4 is 29.1 Å². The minimum Gasteiger partial charge on any atom is -0.497 e. The summed E-state index contributed by atoms with van der Waals surface area (Å²) in [6, 6.07) is 10.1. The van der Waals surface area contributed by atoms with Crippen molar-refractivity contribution < 1.29 is 31.9 Å². The zero-order chi connectivity index (χ0) is 26.6. The molecular weight excluding hydrogens is 503 g/mol. The van der Waals surface area contributed by atoms with Gasteiger partial charge in [-0.2, -0.15) is 8.42 Å². The highest BCUT2D eigenvalue weighted by molar-refractivity contribution is 7.92. The third-order valence-electron chi connectivity index (χ3n) is 6.65. The number of ether oxygens (including phenoxy) is 2. The van der Waals surface area contributed by atoms with Crippen molar-refractivity contribution in [2.24, 2.45) is 5.92 Å². The number of carbonyl (C=O) groups excluding carboxylic acids is 2. The summed E-state index contributed by atoms with van der Waals surface area (Å²) in [4.78, 5) is 23.7. The predicted molar refractivity (Wildman–Crippen MR) is 135 cm³/mol. The molecule has 0 bridgehead atoms. The van der Waals surface area contributed by atoms with Gasteiger partial charge in [0.05, 0.1) is 7.11 Å². The molecule has 0 unspecified atom stereocenters. The zero-order valence-corrected chi connectivity index (χ0v) is 21.6. The van der Waals surface area contributed by atoms with Crippen molar-refractivity contribution in [3.63, 3.8) is 0 Å². The van der Waals surface area contributed by atoms with Gasteiger partial charge in [0.1, 0.15) is 30.3 Å². The SMILES string of the molecule is CNC(=O)[C@H]1CC[C@H](NCc2cc(F)c(N3CC(=O)NS3(=O)=O)c(OCc3ccc(OC)cc3)c2)CC1. The Morgan fingerprint density at radius 2 is 1.84 bits per heavy atom. The quantitative estimate of drug-likeness (QED) is 0.449. The maximum Gasteiger partial charge on any atom is 0.326 e. The largest absolute Gasteiger partial charge is 0.497 e. The molecule has 1 heterocycles. The first-order chi connectivity index (χ1) is 17.7. The van der Waals surface area contributed by atoms with Crippen molar-refractivity contribution in [3.8, 4) is 11.5 Å². The summed E-state index contributed by atoms with van der Waals surface area (Å²) in [5.74, 6) is -0.821. The number of halogens is 1. The lowest BCUT2D eigenvalue weighted by Crippen LogP contribution is -2.37. The summed E-state index contributed by atoms with van der Waals surface area (Å²) in [6.45, 7) is -0.161. The molecule has 0 aromatic heterocycles. The van der Waals surface area contributed by atoms with Crippen LogP contribution >= 0.6 is 0 Å². The van der Waals surface area contributed by atoms with Crippen molar-refractivity contribution in [2.45, 2.75) is 44.9 Å². The van der Waals surface area contributed by atoms with E-state index in [9.17, 15) is 18.0 Å². The Kier molecular flexibility index (Phi) is 8.18. The third kappa shape index (κ3) is 6.31. The molecule has 2 aliphatic rings. The molecule has 4 rings (SSSR count). The Hall–Kier alpha value is -3.38. The van der Waals surface area contributed by atoms with Crippen LogP contribution in [0.3, 0.4) is 0 Å². The molecule has 12 heteroatoms. The third-order valence-corrected chi connectivity index (χ3v) is 8.03. The van der Waals surface area contributed by atoms with Gasteiger partial charge in [0, 0.05) is 25.6 Å². The van der Waals surface area contributed by atoms with Gasteiger partial charge < -0.3 is 20.1 Å². The first-order valence-corrected chi connectivity index (χ1v) is 13.5. The topological polar surface area (TPSA) is 126 Å². The van der Waals surface area contributed by atoms with Crippen molar-refractivity contribution in [1.82, 2.24) is 15.4 Å². The van der Waals surface area contributed by atoms with Gasteiger partial charge in [-0.05, 0) is 61.1 Å². The number of hydrogen-bond acceptors (Lipinski definition) is 7. The second-order valence-electron chi connectivity index (χ2n) is 9.14. The molecule has 0 radical (unpaired) electrons. The van der Waals surface area contributed by atoms with E-state index in [-0.39, 0.29) is 35.9 Å². The predicted octanol–water partition coefficient (Wildman–Crippen LogP) is 1.99. The van der Waals surface area contributed by atoms with Gasteiger partial charge in [-0.25, -0.2) is 13.4 Å². The molecule has 2 aromatic carbocycles. The van der Waals surface area contributed by atoms with Crippen molar-refractivity contribution in [3.05, 3.63) is 53.3 Å². The van der Waals surface area contributed by atoms with Crippen LogP contribution in [-0.2, 0) is 33.0 Å². The molecule has 37 heavy (non-hydrogen) atoms. The lowest BCUT2D eigenvalue weighted by molar-refractivity contribution is -0.125. The number of anilines is 1. The molecule has 3 N–H and O–H groups in total. The Morgan fingerprint density at radius 3 is 2.43 bits per heavy atom. The number of rotatable bonds is 9. The van der Waals surface area contributed by atoms with E-state index in [1.54, 1.807) is 44.5 Å². The van der Waals surface area contributed by atoms with Crippen LogP contribution in [0.4, 0.5) is 10.1 Å². The Labute approximate surface area is 215 Å². The number of nitrogens with one attached hydrogen (secondary N) is 3. The minimum atomic E-state index is -4.23. The summed E-state index contributed by atoms with van der Waals surface area (Å²) in [7, 11) is -1.04. The molecule has 2 aromatic rings. The average molecular weight is 535 g/mol. The van der Waals surface area contributed by atoms with Crippen molar-refractivity contribution >= 4 is 27.7 Å². The molecule has 2 amide bonds. The number of hydrogen-bond donors (Lipinski definition) is 3. The van der Waals surface area contributed by atoms with Crippen LogP contribution in [0.1, 0.15) is 36.8 Å². The summed E-state index contributed by atoms with van der Waals surface area (Å²) in [5, 5.41) is 6.10. The van der Waals surface area contributed by atoms with Crippen LogP contribution in [-0.4, -0.2) is 47.0 Å². The number of carbonyl (C=O) groups is 2. The van der Waals surface area contributed by atoms with Crippen LogP contribution in [0, 0.1) is 11.7 Å². The van der Waals surface area contributed by atoms with Crippen LogP contribution in [0.15, 0.2) is 36.4 Å². The highest BCUT2D eigenvalue weighted by Gasteiger charge is 2.38. The monoisotopic (exact) mass is 534 g/mol. The number of amides is 2. The smallest absolute Gasteiger partial charge is 0.326 e. The summed E-state index contributed by atoms with van der Waals surface area (Å²) < 4.78 is 53.9. The van der Waals surface area contributed by atoms with Crippen LogP contribution in [0.25, 0.3) is 0 Å². The van der Waals surface area contributed by atoms with Gasteiger partial charge in [-0.1, -0.05) is 12.1 Å². The molecule has 1 aliphatic carbocycles. The fourth-order valence-electron chi connectivity index (χ4n) is 4.64. The highest BCUT2D eigenvalue weighted by atomic mass is 32.2. The van der Waals surface area contributed by atoms with Gasteiger partial charge in [0.15, 0.2) is 5.82 Å². The van der Waals surface area contributed by atoms with E-state index in [0.29, 0.717) is 22.2 Å². The van der Waals surface area contributed by atoms with Crippen LogP contribution in [0.5, 0.6) is 11.5 Å². The lowest BCUT2D eigenvalue weighted by atomic mass is 9.85. The second-order valence-corrected chi connectivity index (χ2v) is 10.7. The van der Waals surface area contributed by atoms with Crippen molar-refractivity contribution in [2.75, 3.05) is 25.0 Å². The van der Waals surface area contributed by atoms with E-state index < -0.39 is 28.5 Å². The molecule has 0 spiro atoms. The first-order valence-electron chi connectivity index (χ1n) is 12.1. The molecule has 2 fully saturated rings. The number of methoxy groups -OCH3 is 1. The summed E-state index contributed by atoms with van der Waals surface area (Å²) >= 11 is 0. The molecule has 1 saturated heterocycles. The minimum absolute atomic E-state index is 0.0102. The van der Waals surface area contributed by atoms with E-state index in [1.807, 2.05) is 4.72 Å². The fourth-order valence-corrected chi connectivity index (χ4v) is 5.80. The summed E-state index contributed by atoms with van der Waals surface area (Å²) in [5.41, 5.74) is 1.01. The van der Waals surface area contributed by atoms with E-state index in [4.69, 9.17) is 9.47 Å². The molecule has 1 aliphatic heterocycles. The van der Waals surface area contributed by atoms with E-state index in [0.717, 1.165) is 31.2 Å². The second kappa shape index (κ2) is 11.3. The van der Waals surface area contributed by atoms with E-state index >= 15 is 4.39 Å². The van der Waals surface area contributed by atoms with Crippen molar-refractivity contribution in [1.29, 1.82) is 0 Å². The zero-order valence-electron chi connectivity index (χ0n) is 20.8. The van der Waals surface area contributed by atoms with Crippen LogP contribution in [0.2, 0.25) is 0 Å². The highest BCUT2D eigenvalue weighted by Crippen LogP contribution is 2.36. The normalized spacial score (nSPS) is 20.8. The standard InChI is InChI=1S/C25H31FN4O6S/c1-27-25(32)18-5-7-19(8-6-18)28-13-17-11-21(26)24(30-14-23(31)29-37(30,33)34)22(12-17)36-15-16-3-9-20(35-2)10-4-16/h3-4,9-12,18-19,28H,5-8,13-15H2,1-2H3,(H,27,32)(H,29,31)/t18-,19-. The van der Waals surface area contributed by atoms with E-state index in [1.165, 1.54) is 6.07 Å². The average Bonchev–Trinajstić information content (AvgIpc) is 3.17. The number of nitrogens with zero attached hydrogens (tertiary/aromatic N) is 1. The van der Waals surface area contributed by atoms with Gasteiger partial charge in [0.25, 0.3) is 5.91 Å².